The number of imide groups is 1. The summed E-state index contributed by atoms with van der Waals surface area (Å²) in [5.41, 5.74) is 1.23. The van der Waals surface area contributed by atoms with Crippen molar-refractivity contribution in [3.05, 3.63) is 11.6 Å². The maximum atomic E-state index is 11.7. The number of urea groups is 1. The summed E-state index contributed by atoms with van der Waals surface area (Å²) in [6, 6.07) is -0.208. The van der Waals surface area contributed by atoms with Gasteiger partial charge in [-0.25, -0.2) is 4.79 Å². The summed E-state index contributed by atoms with van der Waals surface area (Å²) >= 11 is 0. The Balaban J connectivity index is 1.78. The van der Waals surface area contributed by atoms with E-state index in [4.69, 9.17) is 4.74 Å². The Morgan fingerprint density at radius 3 is 2.58 bits per heavy atom. The van der Waals surface area contributed by atoms with Crippen LogP contribution in [0.2, 0.25) is 0 Å². The predicted octanol–water partition coefficient (Wildman–Crippen LogP) is 1.78. The fourth-order valence-corrected chi connectivity index (χ4v) is 2.30. The van der Waals surface area contributed by atoms with Gasteiger partial charge in [-0.1, -0.05) is 11.6 Å². The highest BCUT2D eigenvalue weighted by Crippen LogP contribution is 2.38. The van der Waals surface area contributed by atoms with Crippen molar-refractivity contribution in [2.75, 3.05) is 20.1 Å². The highest BCUT2D eigenvalue weighted by molar-refractivity contribution is 6.01. The van der Waals surface area contributed by atoms with E-state index in [0.717, 1.165) is 12.8 Å². The molecule has 0 aromatic heterocycles. The van der Waals surface area contributed by atoms with Crippen molar-refractivity contribution in [3.8, 4) is 0 Å². The average molecular weight is 266 g/mol. The van der Waals surface area contributed by atoms with Crippen LogP contribution in [0.5, 0.6) is 0 Å². The van der Waals surface area contributed by atoms with Crippen molar-refractivity contribution < 1.29 is 14.3 Å². The molecule has 0 aliphatic carbocycles. The molecule has 0 unspecified atom stereocenters. The summed E-state index contributed by atoms with van der Waals surface area (Å²) in [7, 11) is 1.64. The standard InChI is InChI=1S/C14H22N2O3/c1-10(5-6-11-14(2,3)19-11)7-8-16-12(17)9-15(4)13(16)18/h7,11H,5-6,8-9H2,1-4H3/b10-7-/t11-/m0/s1. The number of nitrogens with zero attached hydrogens (tertiary/aromatic N) is 2. The molecule has 2 fully saturated rings. The molecule has 2 saturated heterocycles. The minimum Gasteiger partial charge on any atom is -0.367 e. The average Bonchev–Trinajstić information content (AvgIpc) is 2.85. The predicted molar refractivity (Wildman–Crippen MR) is 71.7 cm³/mol. The van der Waals surface area contributed by atoms with E-state index in [9.17, 15) is 9.59 Å². The maximum absolute atomic E-state index is 11.7. The number of rotatable bonds is 5. The van der Waals surface area contributed by atoms with Crippen LogP contribution in [0.1, 0.15) is 33.6 Å². The van der Waals surface area contributed by atoms with Crippen molar-refractivity contribution >= 4 is 11.9 Å². The smallest absolute Gasteiger partial charge is 0.327 e. The normalized spacial score (nSPS) is 26.3. The fraction of sp³-hybridized carbons (Fsp3) is 0.714. The minimum absolute atomic E-state index is 0.0316. The fourth-order valence-electron chi connectivity index (χ4n) is 2.30. The summed E-state index contributed by atoms with van der Waals surface area (Å²) in [4.78, 5) is 26.0. The number of allylic oxidation sites excluding steroid dienone is 1. The Bertz CT molecular complexity index is 428. The SMILES string of the molecule is C/C(=C/CN1C(=O)CN(C)C1=O)CC[C@@H]1OC1(C)C. The van der Waals surface area contributed by atoms with Crippen molar-refractivity contribution in [2.45, 2.75) is 45.3 Å². The van der Waals surface area contributed by atoms with Gasteiger partial charge in [-0.2, -0.15) is 0 Å². The molecule has 0 aromatic carbocycles. The molecular weight excluding hydrogens is 244 g/mol. The Morgan fingerprint density at radius 1 is 1.47 bits per heavy atom. The zero-order valence-corrected chi connectivity index (χ0v) is 12.1. The van der Waals surface area contributed by atoms with Crippen LogP contribution in [0.15, 0.2) is 11.6 Å². The first-order valence-corrected chi connectivity index (χ1v) is 6.70. The van der Waals surface area contributed by atoms with Crippen molar-refractivity contribution in [1.82, 2.24) is 9.80 Å². The molecular formula is C14H22N2O3. The van der Waals surface area contributed by atoms with E-state index in [1.54, 1.807) is 7.05 Å². The molecule has 2 rings (SSSR count). The van der Waals surface area contributed by atoms with Crippen LogP contribution in [0.3, 0.4) is 0 Å². The summed E-state index contributed by atoms with van der Waals surface area (Å²) in [6.45, 7) is 6.78. The molecule has 0 saturated carbocycles. The molecule has 5 nitrogen and oxygen atoms in total. The molecule has 3 amide bonds. The number of ether oxygens (including phenoxy) is 1. The summed E-state index contributed by atoms with van der Waals surface area (Å²) in [6.07, 6.45) is 4.25. The molecule has 1 atom stereocenters. The van der Waals surface area contributed by atoms with E-state index in [1.165, 1.54) is 15.4 Å². The molecule has 2 aliphatic heterocycles. The monoisotopic (exact) mass is 266 g/mol. The van der Waals surface area contributed by atoms with Crippen LogP contribution in [0, 0.1) is 0 Å². The Labute approximate surface area is 114 Å². The lowest BCUT2D eigenvalue weighted by Crippen LogP contribution is -2.31. The first-order valence-electron chi connectivity index (χ1n) is 6.70. The molecule has 0 bridgehead atoms. The number of carbonyl (C=O) groups is 2. The summed E-state index contributed by atoms with van der Waals surface area (Å²) < 4.78 is 5.53. The third-order valence-corrected chi connectivity index (χ3v) is 3.82. The maximum Gasteiger partial charge on any atom is 0.327 e. The van der Waals surface area contributed by atoms with Gasteiger partial charge in [0.15, 0.2) is 0 Å². The Kier molecular flexibility index (Phi) is 3.67. The third-order valence-electron chi connectivity index (χ3n) is 3.82. The number of carbonyl (C=O) groups excluding carboxylic acids is 2. The molecule has 2 heterocycles. The second-order valence-electron chi connectivity index (χ2n) is 5.94. The second-order valence-corrected chi connectivity index (χ2v) is 5.94. The van der Waals surface area contributed by atoms with E-state index < -0.39 is 0 Å². The van der Waals surface area contributed by atoms with Gasteiger partial charge in [0, 0.05) is 13.6 Å². The number of likely N-dealkylation sites (N-methyl/N-ethyl adjacent to an activating group) is 1. The van der Waals surface area contributed by atoms with Gasteiger partial charge in [0.05, 0.1) is 11.7 Å². The molecule has 5 heteroatoms. The van der Waals surface area contributed by atoms with Gasteiger partial charge in [0.1, 0.15) is 6.54 Å². The molecule has 0 aromatic rings. The van der Waals surface area contributed by atoms with Crippen molar-refractivity contribution in [2.24, 2.45) is 0 Å². The molecule has 19 heavy (non-hydrogen) atoms. The summed E-state index contributed by atoms with van der Waals surface area (Å²) in [5, 5.41) is 0. The highest BCUT2D eigenvalue weighted by Gasteiger charge is 2.46. The van der Waals surface area contributed by atoms with Crippen LogP contribution in [0.25, 0.3) is 0 Å². The first-order chi connectivity index (χ1) is 8.81. The van der Waals surface area contributed by atoms with Crippen LogP contribution in [-0.2, 0) is 9.53 Å². The number of hydrogen-bond acceptors (Lipinski definition) is 3. The number of hydrogen-bond donors (Lipinski definition) is 0. The summed E-state index contributed by atoms with van der Waals surface area (Å²) in [5.74, 6) is -0.122. The van der Waals surface area contributed by atoms with E-state index in [0.29, 0.717) is 12.6 Å². The topological polar surface area (TPSA) is 53.2 Å². The second kappa shape index (κ2) is 4.96. The van der Waals surface area contributed by atoms with Crippen LogP contribution >= 0.6 is 0 Å². The van der Waals surface area contributed by atoms with Gasteiger partial charge in [-0.15, -0.1) is 0 Å². The van der Waals surface area contributed by atoms with Crippen molar-refractivity contribution in [3.63, 3.8) is 0 Å². The third kappa shape index (κ3) is 3.15. The Morgan fingerprint density at radius 2 is 2.11 bits per heavy atom. The van der Waals surface area contributed by atoms with Crippen LogP contribution < -0.4 is 0 Å². The minimum atomic E-state index is -0.208. The molecule has 106 valence electrons. The van der Waals surface area contributed by atoms with Crippen LogP contribution in [0.4, 0.5) is 4.79 Å². The zero-order valence-electron chi connectivity index (χ0n) is 12.1. The lowest BCUT2D eigenvalue weighted by molar-refractivity contribution is -0.124. The van der Waals surface area contributed by atoms with Gasteiger partial charge in [0.2, 0.25) is 0 Å². The van der Waals surface area contributed by atoms with Gasteiger partial charge >= 0.3 is 6.03 Å². The lowest BCUT2D eigenvalue weighted by atomic mass is 10.0. The highest BCUT2D eigenvalue weighted by atomic mass is 16.6. The van der Waals surface area contributed by atoms with Gasteiger partial charge < -0.3 is 9.64 Å². The van der Waals surface area contributed by atoms with E-state index >= 15 is 0 Å². The Hall–Kier alpha value is -1.36. The first kappa shape index (κ1) is 14.1. The quantitative estimate of drug-likeness (QED) is 0.433. The molecule has 0 radical (unpaired) electrons. The van der Waals surface area contributed by atoms with E-state index in [-0.39, 0.29) is 24.1 Å². The van der Waals surface area contributed by atoms with E-state index in [1.807, 2.05) is 13.0 Å². The molecule has 2 aliphatic rings. The van der Waals surface area contributed by atoms with Gasteiger partial charge in [0.25, 0.3) is 5.91 Å². The lowest BCUT2D eigenvalue weighted by Gasteiger charge is -2.12. The largest absolute Gasteiger partial charge is 0.367 e. The van der Waals surface area contributed by atoms with Crippen molar-refractivity contribution in [1.29, 1.82) is 0 Å². The molecule has 0 spiro atoms. The number of amides is 3. The van der Waals surface area contributed by atoms with Crippen LogP contribution in [-0.4, -0.2) is 53.6 Å². The van der Waals surface area contributed by atoms with E-state index in [2.05, 4.69) is 13.8 Å². The number of epoxide rings is 1. The van der Waals surface area contributed by atoms with Gasteiger partial charge in [-0.3, -0.25) is 9.69 Å². The zero-order chi connectivity index (χ0) is 14.2. The van der Waals surface area contributed by atoms with Gasteiger partial charge in [-0.05, 0) is 33.6 Å². The molecule has 0 N–H and O–H groups in total.